The van der Waals surface area contributed by atoms with Crippen molar-refractivity contribution < 1.29 is 23.5 Å². The Labute approximate surface area is 248 Å². The summed E-state index contributed by atoms with van der Waals surface area (Å²) in [6.07, 6.45) is 8.18. The van der Waals surface area contributed by atoms with Crippen LogP contribution in [0.15, 0.2) is 48.5 Å². The van der Waals surface area contributed by atoms with E-state index in [4.69, 9.17) is 10.5 Å². The Morgan fingerprint density at radius 2 is 1.71 bits per heavy atom. The first kappa shape index (κ1) is 30.2. The fourth-order valence-electron chi connectivity index (χ4n) is 7.48. The highest BCUT2D eigenvalue weighted by atomic mass is 19.1. The molecule has 8 heteroatoms. The lowest BCUT2D eigenvalue weighted by molar-refractivity contribution is -0.166. The number of nitrogens with two attached hydrogens (primary N) is 1. The molecule has 0 bridgehead atoms. The Kier molecular flexibility index (Phi) is 9.61. The molecule has 0 aromatic heterocycles. The Bertz CT molecular complexity index is 1250. The first-order chi connectivity index (χ1) is 20.3. The van der Waals surface area contributed by atoms with E-state index in [9.17, 15) is 18.8 Å². The molecule has 226 valence electrons. The van der Waals surface area contributed by atoms with Gasteiger partial charge in [0.15, 0.2) is 0 Å². The molecule has 1 unspecified atom stereocenters. The van der Waals surface area contributed by atoms with Crippen LogP contribution in [0.2, 0.25) is 0 Å². The van der Waals surface area contributed by atoms with E-state index in [-0.39, 0.29) is 35.9 Å². The van der Waals surface area contributed by atoms with Gasteiger partial charge < -0.3 is 20.7 Å². The molecule has 3 aliphatic rings. The lowest BCUT2D eigenvalue weighted by atomic mass is 9.63. The zero-order chi connectivity index (χ0) is 29.7. The van der Waals surface area contributed by atoms with Gasteiger partial charge in [-0.25, -0.2) is 4.39 Å². The number of hydrogen-bond acceptors (Lipinski definition) is 5. The number of carbonyl (C=O) groups is 3. The molecule has 2 aromatic carbocycles. The van der Waals surface area contributed by atoms with Crippen LogP contribution >= 0.6 is 0 Å². The van der Waals surface area contributed by atoms with Gasteiger partial charge in [-0.05, 0) is 80.2 Å². The van der Waals surface area contributed by atoms with Crippen LogP contribution in [0.1, 0.15) is 81.0 Å². The average Bonchev–Trinajstić information content (AvgIpc) is 3.02. The number of aryl methyl sites for hydroxylation is 1. The van der Waals surface area contributed by atoms with E-state index in [2.05, 4.69) is 5.32 Å². The fourth-order valence-corrected chi connectivity index (χ4v) is 7.48. The zero-order valence-corrected chi connectivity index (χ0v) is 24.7. The van der Waals surface area contributed by atoms with Crippen molar-refractivity contribution in [3.05, 3.63) is 71.0 Å². The summed E-state index contributed by atoms with van der Waals surface area (Å²) in [5.41, 5.74) is 8.89. The number of ether oxygens (including phenoxy) is 1. The van der Waals surface area contributed by atoms with E-state index in [1.54, 1.807) is 17.0 Å². The van der Waals surface area contributed by atoms with E-state index in [1.165, 1.54) is 18.6 Å². The van der Waals surface area contributed by atoms with E-state index >= 15 is 0 Å². The molecule has 42 heavy (non-hydrogen) atoms. The molecule has 5 rings (SSSR count). The number of rotatable bonds is 8. The average molecular weight is 578 g/mol. The van der Waals surface area contributed by atoms with Gasteiger partial charge in [-0.1, -0.05) is 55.7 Å². The highest BCUT2D eigenvalue weighted by molar-refractivity contribution is 5.89. The SMILES string of the molecule is CCOC(=O)C1(C2CCCCC2)CCN(C(=O)[C@@H](Cc2ccc(F)cc2)NC(=O)[C@H]2CCc3ccccc3C2N)CC1. The number of esters is 1. The van der Waals surface area contributed by atoms with Gasteiger partial charge in [0.05, 0.1) is 17.9 Å². The molecule has 3 atom stereocenters. The van der Waals surface area contributed by atoms with E-state index in [0.717, 1.165) is 48.8 Å². The molecule has 2 aromatic rings. The van der Waals surface area contributed by atoms with Crippen molar-refractivity contribution in [2.45, 2.75) is 83.2 Å². The van der Waals surface area contributed by atoms with Crippen LogP contribution in [-0.4, -0.2) is 48.4 Å². The molecule has 1 saturated carbocycles. The van der Waals surface area contributed by atoms with Crippen molar-refractivity contribution in [2.24, 2.45) is 23.0 Å². The van der Waals surface area contributed by atoms with Crippen LogP contribution in [0.3, 0.4) is 0 Å². The summed E-state index contributed by atoms with van der Waals surface area (Å²) in [5, 5.41) is 3.04. The third-order valence-corrected chi connectivity index (χ3v) is 9.91. The summed E-state index contributed by atoms with van der Waals surface area (Å²) in [6.45, 7) is 3.04. The number of hydrogen-bond donors (Lipinski definition) is 2. The highest BCUT2D eigenvalue weighted by Gasteiger charge is 2.49. The van der Waals surface area contributed by atoms with E-state index < -0.39 is 23.4 Å². The second-order valence-corrected chi connectivity index (χ2v) is 12.3. The first-order valence-electron chi connectivity index (χ1n) is 15.7. The minimum atomic E-state index is -0.822. The molecule has 2 aliphatic carbocycles. The number of fused-ring (bicyclic) bond motifs is 1. The number of nitrogens with zero attached hydrogens (tertiary/aromatic N) is 1. The second-order valence-electron chi connectivity index (χ2n) is 12.3. The summed E-state index contributed by atoms with van der Waals surface area (Å²) < 4.78 is 19.2. The third kappa shape index (κ3) is 6.38. The van der Waals surface area contributed by atoms with Gasteiger partial charge in [-0.3, -0.25) is 14.4 Å². The van der Waals surface area contributed by atoms with Crippen molar-refractivity contribution in [3.63, 3.8) is 0 Å². The van der Waals surface area contributed by atoms with Gasteiger partial charge in [0.1, 0.15) is 11.9 Å². The maximum absolute atomic E-state index is 14.0. The summed E-state index contributed by atoms with van der Waals surface area (Å²) in [6, 6.07) is 12.7. The molecule has 0 radical (unpaired) electrons. The molecule has 1 saturated heterocycles. The van der Waals surface area contributed by atoms with Crippen molar-refractivity contribution in [1.29, 1.82) is 0 Å². The van der Waals surface area contributed by atoms with Crippen LogP contribution in [0.5, 0.6) is 0 Å². The molecule has 7 nitrogen and oxygen atoms in total. The predicted octanol–water partition coefficient (Wildman–Crippen LogP) is 4.87. The van der Waals surface area contributed by atoms with Crippen molar-refractivity contribution in [2.75, 3.05) is 19.7 Å². The molecule has 1 heterocycles. The quantitative estimate of drug-likeness (QED) is 0.436. The predicted molar refractivity (Wildman–Crippen MR) is 159 cm³/mol. The van der Waals surface area contributed by atoms with Gasteiger partial charge in [0.25, 0.3) is 0 Å². The van der Waals surface area contributed by atoms with Crippen molar-refractivity contribution in [3.8, 4) is 0 Å². The number of amides is 2. The first-order valence-corrected chi connectivity index (χ1v) is 15.7. The number of nitrogens with one attached hydrogen (secondary N) is 1. The highest BCUT2D eigenvalue weighted by Crippen LogP contribution is 2.47. The summed E-state index contributed by atoms with van der Waals surface area (Å²) >= 11 is 0. The van der Waals surface area contributed by atoms with Gasteiger partial charge in [0.2, 0.25) is 11.8 Å². The van der Waals surface area contributed by atoms with Crippen molar-refractivity contribution in [1.82, 2.24) is 10.2 Å². The minimum absolute atomic E-state index is 0.133. The van der Waals surface area contributed by atoms with Crippen molar-refractivity contribution >= 4 is 17.8 Å². The molecule has 1 aliphatic heterocycles. The van der Waals surface area contributed by atoms with Gasteiger partial charge in [-0.2, -0.15) is 0 Å². The number of benzene rings is 2. The molecule has 2 fully saturated rings. The third-order valence-electron chi connectivity index (χ3n) is 9.91. The maximum atomic E-state index is 14.0. The summed E-state index contributed by atoms with van der Waals surface area (Å²) in [4.78, 5) is 42.8. The number of halogens is 1. The summed E-state index contributed by atoms with van der Waals surface area (Å²) in [5.74, 6) is -1.09. The standard InChI is InChI=1S/C34H44FN3O4/c1-2-42-33(41)34(25-9-4-3-5-10-25)18-20-38(21-19-34)32(40)29(22-23-12-15-26(35)16-13-23)37-31(39)28-17-14-24-8-6-7-11-27(24)30(28)36/h6-8,11-13,15-16,25,28-30H,2-5,9-10,14,17-22,36H2,1H3,(H,37,39)/t28-,29+,30?/m0/s1. The normalized spacial score (nSPS) is 23.0. The molecular weight excluding hydrogens is 533 g/mol. The Morgan fingerprint density at radius 3 is 2.40 bits per heavy atom. The second kappa shape index (κ2) is 13.4. The lowest BCUT2D eigenvalue weighted by Crippen LogP contribution is -2.56. The Hall–Kier alpha value is -3.26. The van der Waals surface area contributed by atoms with E-state index in [0.29, 0.717) is 39.0 Å². The van der Waals surface area contributed by atoms with Crippen LogP contribution in [0, 0.1) is 23.1 Å². The van der Waals surface area contributed by atoms with Gasteiger partial charge >= 0.3 is 5.97 Å². The fraction of sp³-hybridized carbons (Fsp3) is 0.559. The molecule has 0 spiro atoms. The zero-order valence-electron chi connectivity index (χ0n) is 24.7. The van der Waals surface area contributed by atoms with Crippen LogP contribution in [0.4, 0.5) is 4.39 Å². The Morgan fingerprint density at radius 1 is 1.02 bits per heavy atom. The smallest absolute Gasteiger partial charge is 0.312 e. The van der Waals surface area contributed by atoms with Gasteiger partial charge in [-0.15, -0.1) is 0 Å². The van der Waals surface area contributed by atoms with Gasteiger partial charge in [0, 0.05) is 25.6 Å². The number of carbonyl (C=O) groups excluding carboxylic acids is 3. The van der Waals surface area contributed by atoms with Crippen LogP contribution in [0.25, 0.3) is 0 Å². The molecule has 2 amide bonds. The van der Waals surface area contributed by atoms with E-state index in [1.807, 2.05) is 31.2 Å². The van der Waals surface area contributed by atoms with Crippen LogP contribution < -0.4 is 11.1 Å². The number of piperidine rings is 1. The van der Waals surface area contributed by atoms with Crippen LogP contribution in [-0.2, 0) is 32.0 Å². The maximum Gasteiger partial charge on any atom is 0.312 e. The summed E-state index contributed by atoms with van der Waals surface area (Å²) in [7, 11) is 0. The monoisotopic (exact) mass is 577 g/mol. The lowest BCUT2D eigenvalue weighted by Gasteiger charge is -2.46. The topological polar surface area (TPSA) is 102 Å². The minimum Gasteiger partial charge on any atom is -0.466 e. The Balaban J connectivity index is 1.32. The largest absolute Gasteiger partial charge is 0.466 e. The molecular formula is C34H44FN3O4. The molecule has 3 N–H and O–H groups in total. The number of likely N-dealkylation sites (tertiary alicyclic amines) is 1.